The molecule has 3 aromatic carbocycles. The first kappa shape index (κ1) is 20.3. The Kier molecular flexibility index (Phi) is 4.50. The summed E-state index contributed by atoms with van der Waals surface area (Å²) in [6.07, 6.45) is -5.43. The zero-order valence-electron chi connectivity index (χ0n) is 17.0. The fourth-order valence-electron chi connectivity index (χ4n) is 4.95. The Balaban J connectivity index is 1.75. The van der Waals surface area contributed by atoms with Crippen molar-refractivity contribution >= 4 is 66.8 Å². The molecule has 1 fully saturated rings. The van der Waals surface area contributed by atoms with Crippen molar-refractivity contribution in [1.82, 2.24) is 9.55 Å². The molecule has 6 rings (SSSR count). The van der Waals surface area contributed by atoms with Gasteiger partial charge >= 0.3 is 0 Å². The molecule has 0 saturated carbocycles. The number of aromatic amines is 1. The number of fused-ring (bicyclic) bond motifs is 7. The molecular formula is C24H20Cl2N2O4. The number of rotatable bonds is 1. The zero-order valence-corrected chi connectivity index (χ0v) is 18.5. The highest BCUT2D eigenvalue weighted by molar-refractivity contribution is 6.33. The lowest BCUT2D eigenvalue weighted by atomic mass is 9.99. The maximum atomic E-state index is 10.9. The first-order chi connectivity index (χ1) is 15.3. The molecule has 32 heavy (non-hydrogen) atoms. The Morgan fingerprint density at radius 1 is 0.812 bits per heavy atom. The summed E-state index contributed by atoms with van der Waals surface area (Å²) in [6.45, 7) is 1.68. The summed E-state index contributed by atoms with van der Waals surface area (Å²) in [7, 11) is 0. The lowest BCUT2D eigenvalue weighted by molar-refractivity contribution is -0.238. The molecule has 0 aliphatic carbocycles. The van der Waals surface area contributed by atoms with Gasteiger partial charge in [0.15, 0.2) is 6.23 Å². The monoisotopic (exact) mass is 470 g/mol. The van der Waals surface area contributed by atoms with Gasteiger partial charge in [0.25, 0.3) is 0 Å². The van der Waals surface area contributed by atoms with E-state index in [2.05, 4.69) is 4.98 Å². The van der Waals surface area contributed by atoms with Crippen LogP contribution in [0.5, 0.6) is 0 Å². The van der Waals surface area contributed by atoms with Crippen molar-refractivity contribution < 1.29 is 20.1 Å². The zero-order chi connectivity index (χ0) is 22.3. The number of ether oxygens (including phenoxy) is 1. The van der Waals surface area contributed by atoms with Gasteiger partial charge in [-0.3, -0.25) is 0 Å². The third kappa shape index (κ3) is 2.75. The van der Waals surface area contributed by atoms with Crippen LogP contribution >= 0.6 is 23.2 Å². The first-order valence-electron chi connectivity index (χ1n) is 10.4. The summed E-state index contributed by atoms with van der Waals surface area (Å²) < 4.78 is 7.93. The molecule has 0 radical (unpaired) electrons. The standard InChI is InChI=1S/C24H20Cl2N2O4/c1-10-21(29)22(30)23(31)24(32-10)28-18-7-3-12(26)9-16(18)14-5-4-13-15-8-11(25)2-6-17(15)27-19(13)20(14)28/h2-10,21-24,27,29-31H,1H3/t10-,21-,22+,23+,24+/m0/s1. The molecule has 0 bridgehead atoms. The molecule has 1 aliphatic rings. The lowest BCUT2D eigenvalue weighted by Crippen LogP contribution is -2.54. The normalized spacial score (nSPS) is 26.6. The number of halogens is 2. The Morgan fingerprint density at radius 2 is 1.50 bits per heavy atom. The maximum Gasteiger partial charge on any atom is 0.163 e. The van der Waals surface area contributed by atoms with Crippen LogP contribution in [0.3, 0.4) is 0 Å². The SMILES string of the molecule is C[C@@H]1O[C@@H](n2c3ccc(Cl)cc3c3ccc4c5cc(Cl)ccc5[nH]c4c32)[C@H](O)[C@H](O)[C@H]1O. The van der Waals surface area contributed by atoms with Gasteiger partial charge in [0.05, 0.1) is 22.7 Å². The number of aliphatic hydroxyl groups excluding tert-OH is 3. The van der Waals surface area contributed by atoms with Crippen molar-refractivity contribution in [3.63, 3.8) is 0 Å². The summed E-state index contributed by atoms with van der Waals surface area (Å²) in [5.74, 6) is 0. The summed E-state index contributed by atoms with van der Waals surface area (Å²) in [4.78, 5) is 3.49. The number of nitrogens with one attached hydrogen (secondary N) is 1. The van der Waals surface area contributed by atoms with E-state index in [0.717, 1.165) is 43.6 Å². The van der Waals surface area contributed by atoms with Crippen LogP contribution in [0.4, 0.5) is 0 Å². The Bertz CT molecular complexity index is 1530. The van der Waals surface area contributed by atoms with E-state index in [9.17, 15) is 15.3 Å². The molecule has 4 N–H and O–H groups in total. The van der Waals surface area contributed by atoms with Crippen molar-refractivity contribution in [2.75, 3.05) is 0 Å². The molecule has 6 nitrogen and oxygen atoms in total. The van der Waals surface area contributed by atoms with Crippen molar-refractivity contribution in [2.45, 2.75) is 37.6 Å². The summed E-state index contributed by atoms with van der Waals surface area (Å²) in [5.41, 5.74) is 3.40. The second kappa shape index (κ2) is 7.09. The van der Waals surface area contributed by atoms with Crippen molar-refractivity contribution in [3.8, 4) is 0 Å². The van der Waals surface area contributed by atoms with Crippen LogP contribution in [0.15, 0.2) is 48.5 Å². The minimum Gasteiger partial charge on any atom is -0.388 e. The van der Waals surface area contributed by atoms with Crippen LogP contribution in [0, 0.1) is 0 Å². The molecule has 5 atom stereocenters. The third-order valence-corrected chi connectivity index (χ3v) is 7.01. The van der Waals surface area contributed by atoms with Crippen LogP contribution in [0.25, 0.3) is 43.6 Å². The minimum absolute atomic E-state index is 0.592. The molecule has 1 aliphatic heterocycles. The van der Waals surface area contributed by atoms with E-state index >= 15 is 0 Å². The van der Waals surface area contributed by atoms with Gasteiger partial charge in [-0.2, -0.15) is 0 Å². The van der Waals surface area contributed by atoms with Gasteiger partial charge in [0, 0.05) is 37.1 Å². The lowest BCUT2D eigenvalue weighted by Gasteiger charge is -2.40. The number of aromatic nitrogens is 2. The van der Waals surface area contributed by atoms with Crippen LogP contribution in [-0.2, 0) is 4.74 Å². The van der Waals surface area contributed by atoms with Crippen LogP contribution in [0.2, 0.25) is 10.0 Å². The second-order valence-corrected chi connectivity index (χ2v) is 9.31. The molecule has 8 heteroatoms. The Morgan fingerprint density at radius 3 is 2.28 bits per heavy atom. The number of benzene rings is 3. The van der Waals surface area contributed by atoms with E-state index in [-0.39, 0.29) is 0 Å². The summed E-state index contributed by atoms with van der Waals surface area (Å²) in [5, 5.41) is 36.6. The number of nitrogens with zero attached hydrogens (tertiary/aromatic N) is 1. The third-order valence-electron chi connectivity index (χ3n) is 6.54. The highest BCUT2D eigenvalue weighted by Gasteiger charge is 2.43. The average molecular weight is 471 g/mol. The largest absolute Gasteiger partial charge is 0.388 e. The molecule has 0 amide bonds. The fourth-order valence-corrected chi connectivity index (χ4v) is 5.30. The van der Waals surface area contributed by atoms with E-state index in [0.29, 0.717) is 10.0 Å². The van der Waals surface area contributed by atoms with Gasteiger partial charge in [-0.15, -0.1) is 0 Å². The number of aliphatic hydroxyl groups is 3. The molecule has 0 spiro atoms. The van der Waals surface area contributed by atoms with Gasteiger partial charge in [-0.25, -0.2) is 0 Å². The quantitative estimate of drug-likeness (QED) is 0.285. The van der Waals surface area contributed by atoms with E-state index < -0.39 is 30.6 Å². The highest BCUT2D eigenvalue weighted by Crippen LogP contribution is 2.42. The molecular weight excluding hydrogens is 451 g/mol. The highest BCUT2D eigenvalue weighted by atomic mass is 35.5. The summed E-state index contributed by atoms with van der Waals surface area (Å²) >= 11 is 12.6. The summed E-state index contributed by atoms with van der Waals surface area (Å²) in [6, 6.07) is 15.3. The molecule has 0 unspecified atom stereocenters. The van der Waals surface area contributed by atoms with Crippen molar-refractivity contribution in [2.24, 2.45) is 0 Å². The van der Waals surface area contributed by atoms with E-state index in [1.165, 1.54) is 0 Å². The Hall–Kier alpha value is -2.32. The minimum atomic E-state index is -1.34. The number of hydrogen-bond donors (Lipinski definition) is 4. The van der Waals surface area contributed by atoms with Gasteiger partial charge in [0.2, 0.25) is 0 Å². The molecule has 5 aromatic rings. The predicted octanol–water partition coefficient (Wildman–Crippen LogP) is 4.74. The second-order valence-electron chi connectivity index (χ2n) is 8.43. The van der Waals surface area contributed by atoms with Crippen molar-refractivity contribution in [3.05, 3.63) is 58.6 Å². The molecule has 164 valence electrons. The fraction of sp³-hybridized carbons (Fsp3) is 0.250. The topological polar surface area (TPSA) is 90.6 Å². The smallest absolute Gasteiger partial charge is 0.163 e. The van der Waals surface area contributed by atoms with Crippen LogP contribution < -0.4 is 0 Å². The molecule has 2 aromatic heterocycles. The first-order valence-corrected chi connectivity index (χ1v) is 11.1. The van der Waals surface area contributed by atoms with Gasteiger partial charge in [0.1, 0.15) is 18.3 Å². The van der Waals surface area contributed by atoms with E-state index in [1.54, 1.807) is 13.0 Å². The maximum absolute atomic E-state index is 10.9. The molecule has 3 heterocycles. The number of hydrogen-bond acceptors (Lipinski definition) is 4. The van der Waals surface area contributed by atoms with Gasteiger partial charge < -0.3 is 29.6 Å². The van der Waals surface area contributed by atoms with Crippen LogP contribution in [-0.4, -0.2) is 49.3 Å². The Labute approximate surface area is 192 Å². The average Bonchev–Trinajstić information content (AvgIpc) is 3.30. The van der Waals surface area contributed by atoms with Gasteiger partial charge in [-0.1, -0.05) is 35.3 Å². The van der Waals surface area contributed by atoms with E-state index in [4.69, 9.17) is 27.9 Å². The van der Waals surface area contributed by atoms with Crippen molar-refractivity contribution in [1.29, 1.82) is 0 Å². The van der Waals surface area contributed by atoms with E-state index in [1.807, 2.05) is 47.0 Å². The predicted molar refractivity (Wildman–Crippen MR) is 126 cm³/mol. The van der Waals surface area contributed by atoms with Crippen LogP contribution in [0.1, 0.15) is 13.2 Å². The number of H-pyrrole nitrogens is 1. The van der Waals surface area contributed by atoms with Gasteiger partial charge in [-0.05, 0) is 43.3 Å². The molecule has 1 saturated heterocycles.